The molecule has 0 fully saturated rings. The lowest BCUT2D eigenvalue weighted by molar-refractivity contribution is -0.113. The molecule has 15 heavy (non-hydrogen) atoms. The fourth-order valence-electron chi connectivity index (χ4n) is 2.27. The average molecular weight is 206 g/mol. The van der Waals surface area contributed by atoms with Gasteiger partial charge in [0.1, 0.15) is 0 Å². The molecule has 1 nitrogen and oxygen atoms in total. The molecule has 0 radical (unpaired) electrons. The first-order valence-corrected chi connectivity index (χ1v) is 5.78. The number of Topliss-reactive ketones (excluding diaryl/α,β-unsaturated/α-hetero) is 1. The van der Waals surface area contributed by atoms with E-state index < -0.39 is 0 Å². The lowest BCUT2D eigenvalue weighted by atomic mass is 9.74. The van der Waals surface area contributed by atoms with Crippen LogP contribution < -0.4 is 0 Å². The summed E-state index contributed by atoms with van der Waals surface area (Å²) in [5, 5.41) is 0. The Morgan fingerprint density at radius 2 is 2.00 bits per heavy atom. The Bertz CT molecular complexity index is 309. The van der Waals surface area contributed by atoms with E-state index in [0.717, 1.165) is 12.0 Å². The number of allylic oxidation sites excluding steroid dienone is 4. The second-order valence-corrected chi connectivity index (χ2v) is 5.01. The van der Waals surface area contributed by atoms with E-state index in [1.807, 2.05) is 6.92 Å². The third-order valence-electron chi connectivity index (χ3n) is 3.63. The molecular weight excluding hydrogens is 184 g/mol. The zero-order chi connectivity index (χ0) is 11.6. The molecule has 1 heteroatoms. The van der Waals surface area contributed by atoms with Crippen molar-refractivity contribution in [3.05, 3.63) is 23.3 Å². The third kappa shape index (κ3) is 3.05. The smallest absolute Gasteiger partial charge is 0.155 e. The minimum atomic E-state index is 0.196. The number of hydrogen-bond acceptors (Lipinski definition) is 1. The molecule has 0 N–H and O–H groups in total. The largest absolute Gasteiger partial charge is 0.295 e. The van der Waals surface area contributed by atoms with Crippen molar-refractivity contribution in [2.24, 2.45) is 17.8 Å². The van der Waals surface area contributed by atoms with E-state index in [0.29, 0.717) is 17.8 Å². The van der Waals surface area contributed by atoms with E-state index in [2.05, 4.69) is 32.9 Å². The summed E-state index contributed by atoms with van der Waals surface area (Å²) in [5.41, 5.74) is 2.37. The van der Waals surface area contributed by atoms with Crippen LogP contribution in [0, 0.1) is 17.8 Å². The van der Waals surface area contributed by atoms with Gasteiger partial charge in [-0.3, -0.25) is 4.79 Å². The molecule has 0 aromatic rings. The Labute approximate surface area is 93.3 Å². The van der Waals surface area contributed by atoms with Crippen LogP contribution in [-0.2, 0) is 4.79 Å². The molecule has 0 aliphatic heterocycles. The average Bonchev–Trinajstić information content (AvgIpc) is 2.13. The van der Waals surface area contributed by atoms with Gasteiger partial charge in [0.05, 0.1) is 0 Å². The topological polar surface area (TPSA) is 17.1 Å². The van der Waals surface area contributed by atoms with Crippen molar-refractivity contribution < 1.29 is 4.79 Å². The molecule has 0 saturated carbocycles. The molecule has 0 saturated heterocycles. The quantitative estimate of drug-likeness (QED) is 0.496. The van der Waals surface area contributed by atoms with E-state index in [9.17, 15) is 4.79 Å². The third-order valence-corrected chi connectivity index (χ3v) is 3.63. The molecule has 3 atom stereocenters. The molecule has 1 rings (SSSR count). The molecule has 0 heterocycles. The van der Waals surface area contributed by atoms with Crippen LogP contribution in [0.25, 0.3) is 0 Å². The van der Waals surface area contributed by atoms with Crippen LogP contribution >= 0.6 is 0 Å². The molecule has 0 amide bonds. The Hall–Kier alpha value is -0.850. The molecule has 0 aromatic heterocycles. The van der Waals surface area contributed by atoms with Crippen LogP contribution in [0.3, 0.4) is 0 Å². The summed E-state index contributed by atoms with van der Waals surface area (Å²) in [5.74, 6) is 2.00. The number of carbonyl (C=O) groups is 1. The van der Waals surface area contributed by atoms with Crippen LogP contribution in [0.4, 0.5) is 0 Å². The summed E-state index contributed by atoms with van der Waals surface area (Å²) in [7, 11) is 0. The standard InChI is InChI=1S/C14H22O/c1-9-6-10(2)12(4)14(7-9)8-11(3)13(5)15/h6,8,10,12,14H,7H2,1-5H3/b11-8+. The lowest BCUT2D eigenvalue weighted by Crippen LogP contribution is -2.21. The fourth-order valence-corrected chi connectivity index (χ4v) is 2.27. The lowest BCUT2D eigenvalue weighted by Gasteiger charge is -2.31. The second-order valence-electron chi connectivity index (χ2n) is 5.01. The maximum absolute atomic E-state index is 11.2. The van der Waals surface area contributed by atoms with Gasteiger partial charge in [-0.25, -0.2) is 0 Å². The highest BCUT2D eigenvalue weighted by Gasteiger charge is 2.24. The van der Waals surface area contributed by atoms with Crippen molar-refractivity contribution in [3.8, 4) is 0 Å². The molecule has 1 aliphatic rings. The molecule has 0 bridgehead atoms. The summed E-state index contributed by atoms with van der Waals surface area (Å²) in [6.45, 7) is 10.3. The molecular formula is C14H22O. The van der Waals surface area contributed by atoms with Gasteiger partial charge in [0, 0.05) is 0 Å². The zero-order valence-electron chi connectivity index (χ0n) is 10.5. The Balaban J connectivity index is 2.84. The van der Waals surface area contributed by atoms with Gasteiger partial charge < -0.3 is 0 Å². The van der Waals surface area contributed by atoms with Gasteiger partial charge >= 0.3 is 0 Å². The fraction of sp³-hybridized carbons (Fsp3) is 0.643. The number of hydrogen-bond donors (Lipinski definition) is 0. The highest BCUT2D eigenvalue weighted by molar-refractivity contribution is 5.92. The molecule has 1 aliphatic carbocycles. The van der Waals surface area contributed by atoms with Crippen LogP contribution in [0.15, 0.2) is 23.3 Å². The van der Waals surface area contributed by atoms with Crippen LogP contribution in [0.5, 0.6) is 0 Å². The summed E-state index contributed by atoms with van der Waals surface area (Å²) in [4.78, 5) is 11.2. The first-order chi connectivity index (χ1) is 6.91. The van der Waals surface area contributed by atoms with Gasteiger partial charge in [0.25, 0.3) is 0 Å². The second kappa shape index (κ2) is 4.78. The minimum absolute atomic E-state index is 0.196. The van der Waals surface area contributed by atoms with Gasteiger partial charge in [-0.1, -0.05) is 31.6 Å². The highest BCUT2D eigenvalue weighted by atomic mass is 16.1. The van der Waals surface area contributed by atoms with Crippen molar-refractivity contribution in [2.75, 3.05) is 0 Å². The zero-order valence-corrected chi connectivity index (χ0v) is 10.5. The molecule has 0 aromatic carbocycles. The first-order valence-electron chi connectivity index (χ1n) is 5.78. The SMILES string of the molecule is CC(=O)/C(C)=C/C1CC(C)=CC(C)C1C. The van der Waals surface area contributed by atoms with Gasteiger partial charge in [0.15, 0.2) is 5.78 Å². The maximum Gasteiger partial charge on any atom is 0.155 e. The van der Waals surface area contributed by atoms with Gasteiger partial charge in [-0.2, -0.15) is 0 Å². The normalized spacial score (nSPS) is 32.5. The van der Waals surface area contributed by atoms with Crippen LogP contribution in [0.2, 0.25) is 0 Å². The van der Waals surface area contributed by atoms with Gasteiger partial charge in [-0.05, 0) is 50.5 Å². The molecule has 3 unspecified atom stereocenters. The minimum Gasteiger partial charge on any atom is -0.295 e. The van der Waals surface area contributed by atoms with E-state index in [1.54, 1.807) is 6.92 Å². The summed E-state index contributed by atoms with van der Waals surface area (Å²) >= 11 is 0. The highest BCUT2D eigenvalue weighted by Crippen LogP contribution is 2.34. The summed E-state index contributed by atoms with van der Waals surface area (Å²) < 4.78 is 0. The van der Waals surface area contributed by atoms with Crippen molar-refractivity contribution in [1.82, 2.24) is 0 Å². The number of ketones is 1. The van der Waals surface area contributed by atoms with Gasteiger partial charge in [0.2, 0.25) is 0 Å². The number of rotatable bonds is 2. The summed E-state index contributed by atoms with van der Waals surface area (Å²) in [6.07, 6.45) is 5.63. The number of carbonyl (C=O) groups excluding carboxylic acids is 1. The Morgan fingerprint density at radius 1 is 1.40 bits per heavy atom. The van der Waals surface area contributed by atoms with Crippen molar-refractivity contribution in [1.29, 1.82) is 0 Å². The summed E-state index contributed by atoms with van der Waals surface area (Å²) in [6, 6.07) is 0. The van der Waals surface area contributed by atoms with Gasteiger partial charge in [-0.15, -0.1) is 0 Å². The predicted octanol–water partition coefficient (Wildman–Crippen LogP) is 3.76. The van der Waals surface area contributed by atoms with E-state index >= 15 is 0 Å². The molecule has 84 valence electrons. The van der Waals surface area contributed by atoms with Crippen LogP contribution in [-0.4, -0.2) is 5.78 Å². The first kappa shape index (κ1) is 12.2. The van der Waals surface area contributed by atoms with E-state index in [-0.39, 0.29) is 5.78 Å². The van der Waals surface area contributed by atoms with Crippen molar-refractivity contribution >= 4 is 5.78 Å². The predicted molar refractivity (Wildman–Crippen MR) is 64.6 cm³/mol. The van der Waals surface area contributed by atoms with E-state index in [4.69, 9.17) is 0 Å². The van der Waals surface area contributed by atoms with Crippen molar-refractivity contribution in [3.63, 3.8) is 0 Å². The van der Waals surface area contributed by atoms with E-state index in [1.165, 1.54) is 5.57 Å². The molecule has 0 spiro atoms. The Kier molecular flexibility index (Phi) is 3.90. The van der Waals surface area contributed by atoms with Crippen molar-refractivity contribution in [2.45, 2.75) is 41.0 Å². The monoisotopic (exact) mass is 206 g/mol. The maximum atomic E-state index is 11.2. The Morgan fingerprint density at radius 3 is 2.53 bits per heavy atom. The van der Waals surface area contributed by atoms with Crippen LogP contribution in [0.1, 0.15) is 41.0 Å².